The minimum atomic E-state index is -3.56. The molecule has 0 spiro atoms. The van der Waals surface area contributed by atoms with Crippen LogP contribution in [-0.2, 0) is 16.4 Å². The Labute approximate surface area is 142 Å². The topological polar surface area (TPSA) is 66.5 Å². The van der Waals surface area contributed by atoms with Gasteiger partial charge in [-0.15, -0.1) is 0 Å². The van der Waals surface area contributed by atoms with E-state index in [1.54, 1.807) is 12.1 Å². The standard InChI is InChI=1S/C18H20N2O3S/c1-20(2)24(22,23)15-8-5-7-14(12-15)18(21)19-17-11-10-13-6-3-4-9-16(13)17/h3-9,12,17H,10-11H2,1-2H3,(H,19,21). The number of nitrogens with zero attached hydrogens (tertiary/aromatic N) is 1. The number of benzene rings is 2. The van der Waals surface area contributed by atoms with Crippen molar-refractivity contribution in [3.05, 3.63) is 65.2 Å². The van der Waals surface area contributed by atoms with Crippen LogP contribution in [0.5, 0.6) is 0 Å². The highest BCUT2D eigenvalue weighted by Crippen LogP contribution is 2.31. The maximum absolute atomic E-state index is 12.5. The van der Waals surface area contributed by atoms with Crippen LogP contribution in [-0.4, -0.2) is 32.7 Å². The number of rotatable bonds is 4. The Balaban J connectivity index is 1.82. The van der Waals surface area contributed by atoms with E-state index in [2.05, 4.69) is 11.4 Å². The lowest BCUT2D eigenvalue weighted by Gasteiger charge is -2.15. The number of hydrogen-bond donors (Lipinski definition) is 1. The lowest BCUT2D eigenvalue weighted by atomic mass is 10.1. The van der Waals surface area contributed by atoms with Crippen LogP contribution in [0.1, 0.15) is 33.9 Å². The van der Waals surface area contributed by atoms with Crippen LogP contribution in [0.2, 0.25) is 0 Å². The summed E-state index contributed by atoms with van der Waals surface area (Å²) in [5.41, 5.74) is 2.75. The summed E-state index contributed by atoms with van der Waals surface area (Å²) < 4.78 is 25.6. The number of hydrogen-bond acceptors (Lipinski definition) is 3. The Bertz CT molecular complexity index is 875. The first-order valence-corrected chi connectivity index (χ1v) is 9.25. The second-order valence-electron chi connectivity index (χ2n) is 6.08. The van der Waals surface area contributed by atoms with E-state index in [-0.39, 0.29) is 16.8 Å². The Morgan fingerprint density at radius 1 is 1.12 bits per heavy atom. The Hall–Kier alpha value is -2.18. The quantitative estimate of drug-likeness (QED) is 0.926. The maximum Gasteiger partial charge on any atom is 0.251 e. The zero-order valence-electron chi connectivity index (χ0n) is 13.7. The van der Waals surface area contributed by atoms with Crippen molar-refractivity contribution in [2.75, 3.05) is 14.1 Å². The SMILES string of the molecule is CN(C)S(=O)(=O)c1cccc(C(=O)NC2CCc3ccccc32)c1. The summed E-state index contributed by atoms with van der Waals surface area (Å²) in [6, 6.07) is 14.2. The van der Waals surface area contributed by atoms with Crippen LogP contribution in [0.3, 0.4) is 0 Å². The summed E-state index contributed by atoms with van der Waals surface area (Å²) in [4.78, 5) is 12.7. The summed E-state index contributed by atoms with van der Waals surface area (Å²) in [5, 5.41) is 3.01. The number of amides is 1. The molecule has 24 heavy (non-hydrogen) atoms. The predicted molar refractivity (Wildman–Crippen MR) is 92.3 cm³/mol. The van der Waals surface area contributed by atoms with Gasteiger partial charge in [-0.05, 0) is 42.2 Å². The molecule has 1 N–H and O–H groups in total. The molecule has 0 aliphatic heterocycles. The minimum Gasteiger partial charge on any atom is -0.345 e. The number of carbonyl (C=O) groups is 1. The first-order chi connectivity index (χ1) is 11.4. The van der Waals surface area contributed by atoms with Gasteiger partial charge in [0.25, 0.3) is 5.91 Å². The molecule has 5 nitrogen and oxygen atoms in total. The number of sulfonamides is 1. The van der Waals surface area contributed by atoms with Gasteiger partial charge in [0.1, 0.15) is 0 Å². The lowest BCUT2D eigenvalue weighted by molar-refractivity contribution is 0.0936. The van der Waals surface area contributed by atoms with E-state index in [4.69, 9.17) is 0 Å². The normalized spacial score (nSPS) is 16.9. The van der Waals surface area contributed by atoms with E-state index in [1.807, 2.05) is 18.2 Å². The van der Waals surface area contributed by atoms with Crippen LogP contribution >= 0.6 is 0 Å². The van der Waals surface area contributed by atoms with Gasteiger partial charge >= 0.3 is 0 Å². The number of aryl methyl sites for hydroxylation is 1. The van der Waals surface area contributed by atoms with E-state index in [1.165, 1.54) is 31.8 Å². The first-order valence-electron chi connectivity index (χ1n) is 7.81. The van der Waals surface area contributed by atoms with Crippen LogP contribution in [0, 0.1) is 0 Å². The van der Waals surface area contributed by atoms with Gasteiger partial charge in [0.2, 0.25) is 10.0 Å². The molecule has 0 radical (unpaired) electrons. The monoisotopic (exact) mass is 344 g/mol. The van der Waals surface area contributed by atoms with Crippen molar-refractivity contribution in [2.45, 2.75) is 23.8 Å². The van der Waals surface area contributed by atoms with Crippen molar-refractivity contribution in [3.63, 3.8) is 0 Å². The van der Waals surface area contributed by atoms with Crippen molar-refractivity contribution in [1.29, 1.82) is 0 Å². The summed E-state index contributed by atoms with van der Waals surface area (Å²) in [7, 11) is -0.616. The highest BCUT2D eigenvalue weighted by molar-refractivity contribution is 7.89. The van der Waals surface area contributed by atoms with Crippen molar-refractivity contribution < 1.29 is 13.2 Å². The van der Waals surface area contributed by atoms with Gasteiger partial charge < -0.3 is 5.32 Å². The predicted octanol–water partition coefficient (Wildman–Crippen LogP) is 2.35. The third-order valence-corrected chi connectivity index (χ3v) is 6.12. The van der Waals surface area contributed by atoms with E-state index in [9.17, 15) is 13.2 Å². The molecule has 0 saturated carbocycles. The molecule has 6 heteroatoms. The summed E-state index contributed by atoms with van der Waals surface area (Å²) >= 11 is 0. The van der Waals surface area contributed by atoms with Crippen LogP contribution in [0.25, 0.3) is 0 Å². The smallest absolute Gasteiger partial charge is 0.251 e. The Morgan fingerprint density at radius 3 is 2.62 bits per heavy atom. The van der Waals surface area contributed by atoms with Crippen molar-refractivity contribution in [2.24, 2.45) is 0 Å². The van der Waals surface area contributed by atoms with Crippen molar-refractivity contribution in [1.82, 2.24) is 9.62 Å². The molecule has 3 rings (SSSR count). The molecule has 1 aliphatic rings. The van der Waals surface area contributed by atoms with E-state index in [0.29, 0.717) is 5.56 Å². The van der Waals surface area contributed by atoms with E-state index < -0.39 is 10.0 Å². The molecule has 0 fully saturated rings. The van der Waals surface area contributed by atoms with Gasteiger partial charge in [-0.2, -0.15) is 0 Å². The van der Waals surface area contributed by atoms with Crippen LogP contribution in [0.15, 0.2) is 53.4 Å². The highest BCUT2D eigenvalue weighted by atomic mass is 32.2. The molecule has 126 valence electrons. The fourth-order valence-corrected chi connectivity index (χ4v) is 3.91. The van der Waals surface area contributed by atoms with Crippen molar-refractivity contribution >= 4 is 15.9 Å². The van der Waals surface area contributed by atoms with Gasteiger partial charge in [0.15, 0.2) is 0 Å². The zero-order chi connectivity index (χ0) is 17.3. The molecule has 0 heterocycles. The average molecular weight is 344 g/mol. The minimum absolute atomic E-state index is 0.0252. The molecular weight excluding hydrogens is 324 g/mol. The fourth-order valence-electron chi connectivity index (χ4n) is 2.96. The van der Waals surface area contributed by atoms with Gasteiger partial charge in [-0.3, -0.25) is 4.79 Å². The Morgan fingerprint density at radius 2 is 1.88 bits per heavy atom. The number of nitrogens with one attached hydrogen (secondary N) is 1. The van der Waals surface area contributed by atoms with Gasteiger partial charge in [-0.1, -0.05) is 30.3 Å². The molecular formula is C18H20N2O3S. The molecule has 0 aromatic heterocycles. The molecule has 1 aliphatic carbocycles. The van der Waals surface area contributed by atoms with Gasteiger partial charge in [0.05, 0.1) is 10.9 Å². The van der Waals surface area contributed by atoms with Crippen LogP contribution < -0.4 is 5.32 Å². The third-order valence-electron chi connectivity index (χ3n) is 4.31. The largest absolute Gasteiger partial charge is 0.345 e. The van der Waals surface area contributed by atoms with Crippen molar-refractivity contribution in [3.8, 4) is 0 Å². The maximum atomic E-state index is 12.5. The van der Waals surface area contributed by atoms with E-state index in [0.717, 1.165) is 22.7 Å². The number of carbonyl (C=O) groups excluding carboxylic acids is 1. The van der Waals surface area contributed by atoms with E-state index >= 15 is 0 Å². The van der Waals surface area contributed by atoms with Crippen LogP contribution in [0.4, 0.5) is 0 Å². The summed E-state index contributed by atoms with van der Waals surface area (Å²) in [6.07, 6.45) is 1.80. The molecule has 0 bridgehead atoms. The molecule has 2 aromatic rings. The second kappa shape index (κ2) is 6.37. The molecule has 1 unspecified atom stereocenters. The first kappa shape index (κ1) is 16.7. The molecule has 2 aromatic carbocycles. The third kappa shape index (κ3) is 3.07. The second-order valence-corrected chi connectivity index (χ2v) is 8.23. The summed E-state index contributed by atoms with van der Waals surface area (Å²) in [6.45, 7) is 0. The van der Waals surface area contributed by atoms with Gasteiger partial charge in [-0.25, -0.2) is 12.7 Å². The molecule has 1 amide bonds. The zero-order valence-corrected chi connectivity index (χ0v) is 14.5. The number of fused-ring (bicyclic) bond motifs is 1. The van der Waals surface area contributed by atoms with Gasteiger partial charge in [0, 0.05) is 19.7 Å². The summed E-state index contributed by atoms with van der Waals surface area (Å²) in [5.74, 6) is -0.257. The fraction of sp³-hybridized carbons (Fsp3) is 0.278. The Kier molecular flexibility index (Phi) is 4.43. The highest BCUT2D eigenvalue weighted by Gasteiger charge is 2.24. The lowest BCUT2D eigenvalue weighted by Crippen LogP contribution is -2.28. The molecule has 0 saturated heterocycles. The molecule has 1 atom stereocenters. The average Bonchev–Trinajstić information content (AvgIpc) is 2.98.